The number of nitriles is 1. The van der Waals surface area contributed by atoms with Crippen LogP contribution in [0.1, 0.15) is 18.9 Å². The zero-order valence-corrected chi connectivity index (χ0v) is 9.44. The van der Waals surface area contributed by atoms with E-state index in [0.29, 0.717) is 10.0 Å². The fraction of sp³-hybridized carbons (Fsp3) is 0.364. The summed E-state index contributed by atoms with van der Waals surface area (Å²) in [7, 11) is 0. The summed E-state index contributed by atoms with van der Waals surface area (Å²) in [6, 6.07) is 7.76. The van der Waals surface area contributed by atoms with Crippen LogP contribution in [-0.4, -0.2) is 0 Å². The summed E-state index contributed by atoms with van der Waals surface area (Å²) < 4.78 is 0. The highest BCUT2D eigenvalue weighted by Crippen LogP contribution is 2.24. The first-order valence-corrected chi connectivity index (χ1v) is 5.26. The third-order valence-electron chi connectivity index (χ3n) is 2.14. The third kappa shape index (κ3) is 2.90. The zero-order chi connectivity index (χ0) is 10.6. The van der Waals surface area contributed by atoms with E-state index in [2.05, 4.69) is 6.07 Å². The molecule has 0 N–H and O–H groups in total. The molecule has 1 atom stereocenters. The van der Waals surface area contributed by atoms with Crippen LogP contribution in [0.4, 0.5) is 0 Å². The number of hydrogen-bond acceptors (Lipinski definition) is 1. The topological polar surface area (TPSA) is 23.8 Å². The Morgan fingerprint density at radius 1 is 1.36 bits per heavy atom. The molecule has 3 heteroatoms. The van der Waals surface area contributed by atoms with Gasteiger partial charge in [0.05, 0.1) is 22.0 Å². The molecule has 0 spiro atoms. The van der Waals surface area contributed by atoms with Gasteiger partial charge in [-0.25, -0.2) is 0 Å². The number of benzene rings is 1. The first-order valence-electron chi connectivity index (χ1n) is 4.51. The molecule has 0 aliphatic rings. The zero-order valence-electron chi connectivity index (χ0n) is 7.93. The van der Waals surface area contributed by atoms with Gasteiger partial charge < -0.3 is 0 Å². The van der Waals surface area contributed by atoms with Gasteiger partial charge in [0, 0.05) is 0 Å². The highest BCUT2D eigenvalue weighted by Gasteiger charge is 2.07. The van der Waals surface area contributed by atoms with Gasteiger partial charge in [0.25, 0.3) is 0 Å². The molecule has 1 nitrogen and oxygen atoms in total. The predicted molar refractivity (Wildman–Crippen MR) is 59.6 cm³/mol. The summed E-state index contributed by atoms with van der Waals surface area (Å²) in [6.45, 7) is 2.01. The first-order chi connectivity index (χ1) is 6.67. The lowest BCUT2D eigenvalue weighted by Crippen LogP contribution is -1.99. The van der Waals surface area contributed by atoms with Crippen molar-refractivity contribution in [2.45, 2.75) is 19.8 Å². The van der Waals surface area contributed by atoms with Crippen LogP contribution in [0.5, 0.6) is 0 Å². The number of nitrogens with zero attached hydrogens (tertiary/aromatic N) is 1. The highest BCUT2D eigenvalue weighted by atomic mass is 35.5. The minimum Gasteiger partial charge on any atom is -0.198 e. The molecule has 0 radical (unpaired) electrons. The lowest BCUT2D eigenvalue weighted by atomic mass is 9.98. The number of halogens is 2. The van der Waals surface area contributed by atoms with Gasteiger partial charge in [-0.1, -0.05) is 36.2 Å². The molecule has 1 unspecified atom stereocenters. The van der Waals surface area contributed by atoms with Gasteiger partial charge in [0.15, 0.2) is 0 Å². The Labute approximate surface area is 94.3 Å². The summed E-state index contributed by atoms with van der Waals surface area (Å²) in [5, 5.41) is 9.91. The van der Waals surface area contributed by atoms with Gasteiger partial charge in [0.2, 0.25) is 0 Å². The van der Waals surface area contributed by atoms with Crippen molar-refractivity contribution in [3.63, 3.8) is 0 Å². The van der Waals surface area contributed by atoms with E-state index in [1.54, 1.807) is 6.07 Å². The van der Waals surface area contributed by atoms with E-state index in [-0.39, 0.29) is 5.92 Å². The summed E-state index contributed by atoms with van der Waals surface area (Å²) in [5.41, 5.74) is 1.06. The minimum atomic E-state index is 0.0623. The van der Waals surface area contributed by atoms with Gasteiger partial charge in [-0.15, -0.1) is 0 Å². The van der Waals surface area contributed by atoms with Crippen LogP contribution in [0.15, 0.2) is 18.2 Å². The van der Waals surface area contributed by atoms with Crippen LogP contribution in [0.3, 0.4) is 0 Å². The SMILES string of the molecule is CCC(C#N)Cc1ccc(Cl)c(Cl)c1. The van der Waals surface area contributed by atoms with E-state index < -0.39 is 0 Å². The van der Waals surface area contributed by atoms with Crippen molar-refractivity contribution < 1.29 is 0 Å². The summed E-state index contributed by atoms with van der Waals surface area (Å²) in [6.07, 6.45) is 1.60. The van der Waals surface area contributed by atoms with Gasteiger partial charge in [0.1, 0.15) is 0 Å². The van der Waals surface area contributed by atoms with Gasteiger partial charge in [-0.05, 0) is 30.5 Å². The average molecular weight is 228 g/mol. The molecule has 0 fully saturated rings. The second-order valence-electron chi connectivity index (χ2n) is 3.19. The van der Waals surface area contributed by atoms with Crippen molar-refractivity contribution in [1.82, 2.24) is 0 Å². The van der Waals surface area contributed by atoms with E-state index in [1.165, 1.54) is 0 Å². The molecule has 1 rings (SSSR count). The fourth-order valence-electron chi connectivity index (χ4n) is 1.23. The first kappa shape index (κ1) is 11.4. The van der Waals surface area contributed by atoms with Crippen LogP contribution in [0.25, 0.3) is 0 Å². The molecule has 74 valence electrons. The number of hydrogen-bond donors (Lipinski definition) is 0. The van der Waals surface area contributed by atoms with Gasteiger partial charge in [-0.3, -0.25) is 0 Å². The van der Waals surface area contributed by atoms with Gasteiger partial charge in [-0.2, -0.15) is 5.26 Å². The molecule has 0 aromatic heterocycles. The molecule has 1 aromatic rings. The van der Waals surface area contributed by atoms with Crippen molar-refractivity contribution >= 4 is 23.2 Å². The average Bonchev–Trinajstić information content (AvgIpc) is 2.19. The molecule has 14 heavy (non-hydrogen) atoms. The van der Waals surface area contributed by atoms with Crippen molar-refractivity contribution in [3.8, 4) is 6.07 Å². The quantitative estimate of drug-likeness (QED) is 0.764. The molecule has 0 saturated heterocycles. The van der Waals surface area contributed by atoms with E-state index in [4.69, 9.17) is 28.5 Å². The molecule has 1 aromatic carbocycles. The van der Waals surface area contributed by atoms with Crippen LogP contribution in [0.2, 0.25) is 10.0 Å². The molecule has 0 saturated carbocycles. The Kier molecular flexibility index (Phi) is 4.25. The van der Waals surface area contributed by atoms with Crippen LogP contribution in [-0.2, 0) is 6.42 Å². The fourth-order valence-corrected chi connectivity index (χ4v) is 1.55. The maximum atomic E-state index is 8.80. The normalized spacial score (nSPS) is 12.1. The van der Waals surface area contributed by atoms with Crippen LogP contribution in [0, 0.1) is 17.2 Å². The summed E-state index contributed by atoms with van der Waals surface area (Å²) >= 11 is 11.7. The summed E-state index contributed by atoms with van der Waals surface area (Å²) in [5.74, 6) is 0.0623. The second-order valence-corrected chi connectivity index (χ2v) is 4.00. The minimum absolute atomic E-state index is 0.0623. The number of rotatable bonds is 3. The Morgan fingerprint density at radius 3 is 2.57 bits per heavy atom. The Bertz CT molecular complexity index is 355. The lowest BCUT2D eigenvalue weighted by molar-refractivity contribution is 0.638. The monoisotopic (exact) mass is 227 g/mol. The molecule has 0 heterocycles. The van der Waals surface area contributed by atoms with Crippen LogP contribution < -0.4 is 0 Å². The molecule has 0 amide bonds. The maximum absolute atomic E-state index is 8.80. The van der Waals surface area contributed by atoms with E-state index in [9.17, 15) is 0 Å². The second kappa shape index (κ2) is 5.24. The smallest absolute Gasteiger partial charge is 0.0659 e. The molecule has 0 aliphatic heterocycles. The van der Waals surface area contributed by atoms with E-state index >= 15 is 0 Å². The predicted octanol–water partition coefficient (Wildman–Crippen LogP) is 4.09. The molecular weight excluding hydrogens is 217 g/mol. The van der Waals surface area contributed by atoms with Crippen molar-refractivity contribution in [2.24, 2.45) is 5.92 Å². The van der Waals surface area contributed by atoms with Crippen LogP contribution >= 0.6 is 23.2 Å². The third-order valence-corrected chi connectivity index (χ3v) is 2.88. The van der Waals surface area contributed by atoms with E-state index in [1.807, 2.05) is 19.1 Å². The Balaban J connectivity index is 2.78. The standard InChI is InChI=1S/C11H11Cl2N/c1-2-8(7-14)5-9-3-4-10(12)11(13)6-9/h3-4,6,8H,2,5H2,1H3. The Morgan fingerprint density at radius 2 is 2.07 bits per heavy atom. The van der Waals surface area contributed by atoms with Crippen molar-refractivity contribution in [2.75, 3.05) is 0 Å². The maximum Gasteiger partial charge on any atom is 0.0659 e. The Hall–Kier alpha value is -0.710. The largest absolute Gasteiger partial charge is 0.198 e. The summed E-state index contributed by atoms with van der Waals surface area (Å²) in [4.78, 5) is 0. The lowest BCUT2D eigenvalue weighted by Gasteiger charge is -2.06. The van der Waals surface area contributed by atoms with Gasteiger partial charge >= 0.3 is 0 Å². The highest BCUT2D eigenvalue weighted by molar-refractivity contribution is 6.42. The van der Waals surface area contributed by atoms with Crippen molar-refractivity contribution in [1.29, 1.82) is 5.26 Å². The molecular formula is C11H11Cl2N. The van der Waals surface area contributed by atoms with E-state index in [0.717, 1.165) is 18.4 Å². The van der Waals surface area contributed by atoms with Crippen molar-refractivity contribution in [3.05, 3.63) is 33.8 Å². The molecule has 0 aliphatic carbocycles. The molecule has 0 bridgehead atoms.